The average Bonchev–Trinajstić information content (AvgIpc) is 3.65. The van der Waals surface area contributed by atoms with Crippen LogP contribution in [0.2, 0.25) is 10.0 Å². The van der Waals surface area contributed by atoms with Crippen LogP contribution in [0.1, 0.15) is 73.7 Å². The van der Waals surface area contributed by atoms with Gasteiger partial charge in [-0.15, -0.1) is 10.2 Å². The second kappa shape index (κ2) is 12.9. The van der Waals surface area contributed by atoms with Crippen molar-refractivity contribution in [3.05, 3.63) is 99.6 Å². The zero-order valence-corrected chi connectivity index (χ0v) is 25.9. The number of nitrogens with one attached hydrogen (secondary N) is 1. The Morgan fingerprint density at radius 2 is 1.93 bits per heavy atom. The number of amides is 1. The second-order valence-corrected chi connectivity index (χ2v) is 11.9. The summed E-state index contributed by atoms with van der Waals surface area (Å²) in [7, 11) is 0. The summed E-state index contributed by atoms with van der Waals surface area (Å²) in [5.74, 6) is 0.288. The molecule has 8 nitrogen and oxygen atoms in total. The maximum atomic E-state index is 14.4. The number of imidazole rings is 1. The Morgan fingerprint density at radius 1 is 1.11 bits per heavy atom. The first-order chi connectivity index (χ1) is 21.3. The number of rotatable bonds is 8. The molecule has 1 atom stereocenters. The van der Waals surface area contributed by atoms with Gasteiger partial charge in [0.1, 0.15) is 11.6 Å². The fraction of sp³-hybridized carbons (Fsp3) is 0.303. The summed E-state index contributed by atoms with van der Waals surface area (Å²) >= 11 is 13.0. The normalized spacial score (nSPS) is 14.5. The Bertz CT molecular complexity index is 1800. The predicted octanol–water partition coefficient (Wildman–Crippen LogP) is 8.21. The number of halogens is 3. The topological polar surface area (TPSA) is 98.7 Å². The molecular weight excluding hydrogens is 602 g/mol. The first-order valence-electron chi connectivity index (χ1n) is 14.6. The van der Waals surface area contributed by atoms with E-state index in [1.54, 1.807) is 37.5 Å². The molecule has 0 bridgehead atoms. The Balaban J connectivity index is 1.55. The van der Waals surface area contributed by atoms with E-state index in [4.69, 9.17) is 32.6 Å². The van der Waals surface area contributed by atoms with E-state index in [2.05, 4.69) is 20.5 Å². The number of benzene rings is 2. The number of aromatic nitrogens is 5. The van der Waals surface area contributed by atoms with Crippen LogP contribution in [0.15, 0.2) is 65.3 Å². The Hall–Kier alpha value is -4.08. The van der Waals surface area contributed by atoms with Gasteiger partial charge >= 0.3 is 0 Å². The number of nitrogens with zero attached hydrogens (tertiary/aromatic N) is 5. The highest BCUT2D eigenvalue weighted by molar-refractivity contribution is 6.31. The van der Waals surface area contributed by atoms with Gasteiger partial charge in [0.25, 0.3) is 5.89 Å². The highest BCUT2D eigenvalue weighted by Gasteiger charge is 2.32. The minimum atomic E-state index is -0.556. The van der Waals surface area contributed by atoms with Crippen LogP contribution < -0.4 is 5.32 Å². The molecule has 6 rings (SSSR count). The van der Waals surface area contributed by atoms with E-state index in [0.717, 1.165) is 49.1 Å². The molecule has 1 amide bonds. The van der Waals surface area contributed by atoms with Crippen LogP contribution in [0.25, 0.3) is 28.5 Å². The minimum absolute atomic E-state index is 0.0309. The van der Waals surface area contributed by atoms with Crippen LogP contribution in [0.3, 0.4) is 0 Å². The maximum Gasteiger partial charge on any atom is 0.268 e. The quantitative estimate of drug-likeness (QED) is 0.185. The molecule has 1 unspecified atom stereocenters. The van der Waals surface area contributed by atoms with Crippen molar-refractivity contribution in [3.8, 4) is 28.5 Å². The van der Waals surface area contributed by atoms with Crippen molar-refractivity contribution in [2.45, 2.75) is 64.3 Å². The lowest BCUT2D eigenvalue weighted by molar-refractivity contribution is -0.122. The van der Waals surface area contributed by atoms with Gasteiger partial charge in [-0.3, -0.25) is 14.3 Å². The van der Waals surface area contributed by atoms with E-state index in [1.807, 2.05) is 35.8 Å². The number of aryl methyl sites for hydroxylation is 1. The lowest BCUT2D eigenvalue weighted by Crippen LogP contribution is -2.28. The zero-order chi connectivity index (χ0) is 30.8. The monoisotopic (exact) mass is 632 g/mol. The molecule has 11 heteroatoms. The predicted molar refractivity (Wildman–Crippen MR) is 167 cm³/mol. The number of hydrogen-bond acceptors (Lipinski definition) is 6. The van der Waals surface area contributed by atoms with Crippen molar-refractivity contribution >= 4 is 29.1 Å². The van der Waals surface area contributed by atoms with Crippen molar-refractivity contribution in [1.82, 2.24) is 30.0 Å². The molecule has 1 saturated carbocycles. The largest absolute Gasteiger partial charge is 0.420 e. The average molecular weight is 634 g/mol. The van der Waals surface area contributed by atoms with Gasteiger partial charge in [0.15, 0.2) is 5.69 Å². The molecule has 3 aromatic heterocycles. The molecule has 3 heterocycles. The van der Waals surface area contributed by atoms with Gasteiger partial charge in [0.2, 0.25) is 11.8 Å². The lowest BCUT2D eigenvalue weighted by Gasteiger charge is -2.25. The molecule has 226 valence electrons. The molecule has 0 aliphatic heterocycles. The van der Waals surface area contributed by atoms with E-state index in [-0.39, 0.29) is 22.7 Å². The molecule has 1 aliphatic rings. The Labute approximate surface area is 264 Å². The fourth-order valence-corrected chi connectivity index (χ4v) is 6.18. The summed E-state index contributed by atoms with van der Waals surface area (Å²) in [5, 5.41) is 11.8. The molecule has 0 spiro atoms. The van der Waals surface area contributed by atoms with Crippen molar-refractivity contribution in [2.75, 3.05) is 0 Å². The Morgan fingerprint density at radius 3 is 2.64 bits per heavy atom. The second-order valence-electron chi connectivity index (χ2n) is 11.1. The van der Waals surface area contributed by atoms with Crippen molar-refractivity contribution < 1.29 is 13.6 Å². The smallest absolute Gasteiger partial charge is 0.268 e. The third-order valence-electron chi connectivity index (χ3n) is 8.08. The van der Waals surface area contributed by atoms with Crippen molar-refractivity contribution in [3.63, 3.8) is 0 Å². The van der Waals surface area contributed by atoms with Gasteiger partial charge in [-0.25, -0.2) is 9.37 Å². The first-order valence-corrected chi connectivity index (χ1v) is 15.4. The van der Waals surface area contributed by atoms with E-state index >= 15 is 0 Å². The van der Waals surface area contributed by atoms with Crippen LogP contribution in [0.5, 0.6) is 0 Å². The molecule has 5 aromatic rings. The molecule has 44 heavy (non-hydrogen) atoms. The Kier molecular flexibility index (Phi) is 8.77. The van der Waals surface area contributed by atoms with Crippen LogP contribution >= 0.6 is 23.2 Å². The molecular formula is C33H31Cl2FN6O2. The van der Waals surface area contributed by atoms with Crippen LogP contribution in [0, 0.1) is 12.7 Å². The third-order valence-corrected chi connectivity index (χ3v) is 8.60. The molecule has 1 fully saturated rings. The summed E-state index contributed by atoms with van der Waals surface area (Å²) in [5.41, 5.74) is 3.99. The van der Waals surface area contributed by atoms with E-state index in [0.29, 0.717) is 40.1 Å². The molecule has 1 aliphatic carbocycles. The summed E-state index contributed by atoms with van der Waals surface area (Å²) in [6, 6.07) is 13.8. The van der Waals surface area contributed by atoms with Crippen molar-refractivity contribution in [2.24, 2.45) is 0 Å². The summed E-state index contributed by atoms with van der Waals surface area (Å²) in [4.78, 5) is 22.8. The number of hydrogen-bond donors (Lipinski definition) is 1. The third kappa shape index (κ3) is 6.12. The SMILES string of the molecule is Cc1nnc(-c2nc(C3CCCCC3)n(-c3cc(Cl)ccc3C(C)C(=O)NCc3cccnc3)c2-c2ccc(F)c(Cl)c2)o1. The number of carbonyl (C=O) groups is 1. The van der Waals surface area contributed by atoms with Crippen LogP contribution in [-0.2, 0) is 11.3 Å². The van der Waals surface area contributed by atoms with E-state index < -0.39 is 11.7 Å². The van der Waals surface area contributed by atoms with Gasteiger partial charge in [0.05, 0.1) is 22.3 Å². The maximum absolute atomic E-state index is 14.4. The van der Waals surface area contributed by atoms with Crippen LogP contribution in [-0.4, -0.2) is 30.6 Å². The number of carbonyl (C=O) groups excluding carboxylic acids is 1. The van der Waals surface area contributed by atoms with Gasteiger partial charge in [-0.2, -0.15) is 0 Å². The summed E-state index contributed by atoms with van der Waals surface area (Å²) in [6.45, 7) is 3.92. The minimum Gasteiger partial charge on any atom is -0.420 e. The first kappa shape index (κ1) is 30.0. The van der Waals surface area contributed by atoms with Gasteiger partial charge in [-0.1, -0.05) is 54.6 Å². The van der Waals surface area contributed by atoms with E-state index in [1.165, 1.54) is 6.07 Å². The zero-order valence-electron chi connectivity index (χ0n) is 24.4. The van der Waals surface area contributed by atoms with E-state index in [9.17, 15) is 9.18 Å². The fourth-order valence-electron chi connectivity index (χ4n) is 5.83. The van der Waals surface area contributed by atoms with Gasteiger partial charge in [0, 0.05) is 42.4 Å². The molecule has 1 N–H and O–H groups in total. The van der Waals surface area contributed by atoms with Crippen LogP contribution in [0.4, 0.5) is 4.39 Å². The summed E-state index contributed by atoms with van der Waals surface area (Å²) < 4.78 is 22.3. The highest BCUT2D eigenvalue weighted by Crippen LogP contribution is 2.43. The molecule has 0 saturated heterocycles. The lowest BCUT2D eigenvalue weighted by atomic mass is 9.88. The highest BCUT2D eigenvalue weighted by atomic mass is 35.5. The standard InChI is InChI=1S/C33H31Cl2FN6O2/c1-19(32(43)38-18-21-7-6-14-37-17-21)25-12-11-24(34)16-28(25)42-30(23-10-13-27(36)26(35)15-23)29(33-41-40-20(2)44-33)39-31(42)22-8-4-3-5-9-22/h6-7,10-17,19,22H,3-5,8-9,18H2,1-2H3,(H,38,43). The summed E-state index contributed by atoms with van der Waals surface area (Å²) in [6.07, 6.45) is 8.60. The van der Waals surface area contributed by atoms with Gasteiger partial charge in [-0.05, 0) is 67.3 Å². The molecule has 2 aromatic carbocycles. The number of pyridine rings is 1. The van der Waals surface area contributed by atoms with Crippen molar-refractivity contribution in [1.29, 1.82) is 0 Å². The van der Waals surface area contributed by atoms with Gasteiger partial charge < -0.3 is 9.73 Å². The molecule has 0 radical (unpaired) electrons.